The minimum atomic E-state index is -1.16. The van der Waals surface area contributed by atoms with Gasteiger partial charge in [0.05, 0.1) is 6.42 Å². The minimum Gasteiger partial charge on any atom is -0.481 e. The van der Waals surface area contributed by atoms with Gasteiger partial charge in [-0.15, -0.1) is 0 Å². The maximum atomic E-state index is 13.3. The first kappa shape index (κ1) is 23.4. The molecule has 184 valence electrons. The van der Waals surface area contributed by atoms with Gasteiger partial charge in [-0.05, 0) is 53.4 Å². The average molecular weight is 477 g/mol. The molecule has 0 heterocycles. The van der Waals surface area contributed by atoms with Gasteiger partial charge in [0.25, 0.3) is 0 Å². The molecule has 35 heavy (non-hydrogen) atoms. The van der Waals surface area contributed by atoms with Gasteiger partial charge in [-0.3, -0.25) is 9.59 Å². The number of carbonyl (C=O) groups excluding carboxylic acids is 2. The van der Waals surface area contributed by atoms with Gasteiger partial charge in [-0.1, -0.05) is 61.4 Å². The first-order valence-corrected chi connectivity index (χ1v) is 12.5. The number of carbonyl (C=O) groups is 3. The Hall–Kier alpha value is -3.35. The molecule has 4 aliphatic carbocycles. The molecular formula is C28H32N2O5. The highest BCUT2D eigenvalue weighted by Gasteiger charge is 2.41. The largest absolute Gasteiger partial charge is 0.481 e. The maximum absolute atomic E-state index is 13.3. The van der Waals surface area contributed by atoms with Crippen LogP contribution in [0, 0.1) is 11.8 Å². The number of hydrogen-bond donors (Lipinski definition) is 2. The normalized spacial score (nSPS) is 23.2. The fourth-order valence-corrected chi connectivity index (χ4v) is 6.38. The number of aliphatic carboxylic acids is 1. The lowest BCUT2D eigenvalue weighted by molar-refractivity contribution is -0.144. The second kappa shape index (κ2) is 9.72. The lowest BCUT2D eigenvalue weighted by Gasteiger charge is -2.46. The van der Waals surface area contributed by atoms with Crippen LogP contribution in [0.2, 0.25) is 0 Å². The van der Waals surface area contributed by atoms with Gasteiger partial charge < -0.3 is 20.1 Å². The van der Waals surface area contributed by atoms with Gasteiger partial charge >= 0.3 is 12.1 Å². The number of nitrogens with one attached hydrogen (secondary N) is 1. The first-order chi connectivity index (χ1) is 16.9. The predicted octanol–water partition coefficient (Wildman–Crippen LogP) is 4.41. The van der Waals surface area contributed by atoms with Crippen LogP contribution in [0.3, 0.4) is 0 Å². The molecule has 0 spiro atoms. The third-order valence-electron chi connectivity index (χ3n) is 8.17. The Morgan fingerprint density at radius 2 is 1.60 bits per heavy atom. The fourth-order valence-electron chi connectivity index (χ4n) is 6.38. The summed E-state index contributed by atoms with van der Waals surface area (Å²) in [6, 6.07) is 15.0. The average Bonchev–Trinajstić information content (AvgIpc) is 3.20. The zero-order valence-corrected chi connectivity index (χ0v) is 20.0. The quantitative estimate of drug-likeness (QED) is 0.617. The van der Waals surface area contributed by atoms with E-state index in [2.05, 4.69) is 17.4 Å². The number of likely N-dealkylation sites (N-methyl/N-ethyl adjacent to an activating group) is 1. The van der Waals surface area contributed by atoms with E-state index in [9.17, 15) is 19.5 Å². The highest BCUT2D eigenvalue weighted by Crippen LogP contribution is 2.45. The summed E-state index contributed by atoms with van der Waals surface area (Å²) in [6.45, 7) is 0.107. The van der Waals surface area contributed by atoms with Crippen LogP contribution >= 0.6 is 0 Å². The Morgan fingerprint density at radius 1 is 1.00 bits per heavy atom. The van der Waals surface area contributed by atoms with Crippen molar-refractivity contribution in [2.45, 2.75) is 56.5 Å². The van der Waals surface area contributed by atoms with Crippen molar-refractivity contribution in [3.63, 3.8) is 0 Å². The molecule has 2 amide bonds. The topological polar surface area (TPSA) is 95.9 Å². The zero-order chi connectivity index (χ0) is 24.5. The molecule has 4 aliphatic rings. The Labute approximate surface area is 205 Å². The van der Waals surface area contributed by atoms with Crippen molar-refractivity contribution in [2.75, 3.05) is 13.7 Å². The zero-order valence-electron chi connectivity index (χ0n) is 20.0. The molecule has 0 aliphatic heterocycles. The molecule has 2 unspecified atom stereocenters. The van der Waals surface area contributed by atoms with E-state index in [-0.39, 0.29) is 24.5 Å². The number of fused-ring (bicyclic) bond motifs is 6. The molecule has 0 radical (unpaired) electrons. The standard InChI is InChI=1S/C28H32N2O5/c1-30(25-14-17-10-12-18(25)13-11-17)27(33)24(15-26(31)32)29-28(34)35-16-23-21-8-4-2-6-19(21)20-7-3-5-9-22(20)23/h2-9,17-18,23-25H,10-16H2,1H3,(H,29,34)(H,31,32). The molecule has 7 heteroatoms. The number of hydrogen-bond acceptors (Lipinski definition) is 4. The molecule has 2 N–H and O–H groups in total. The van der Waals surface area contributed by atoms with Crippen LogP contribution in [0.1, 0.15) is 55.6 Å². The third-order valence-corrected chi connectivity index (χ3v) is 8.17. The Morgan fingerprint density at radius 3 is 2.14 bits per heavy atom. The number of carboxylic acid groups (broad SMARTS) is 1. The van der Waals surface area contributed by atoms with E-state index in [0.717, 1.165) is 41.5 Å². The number of amides is 2. The second-order valence-electron chi connectivity index (χ2n) is 10.2. The van der Waals surface area contributed by atoms with Crippen molar-refractivity contribution < 1.29 is 24.2 Å². The van der Waals surface area contributed by atoms with Crippen molar-refractivity contribution in [1.29, 1.82) is 0 Å². The Kier molecular flexibility index (Phi) is 6.50. The third kappa shape index (κ3) is 4.64. The summed E-state index contributed by atoms with van der Waals surface area (Å²) >= 11 is 0. The van der Waals surface area contributed by atoms with Gasteiger partial charge in [0.2, 0.25) is 5.91 Å². The van der Waals surface area contributed by atoms with E-state index in [0.29, 0.717) is 11.8 Å². The highest BCUT2D eigenvalue weighted by atomic mass is 16.5. The van der Waals surface area contributed by atoms with Crippen molar-refractivity contribution in [1.82, 2.24) is 10.2 Å². The summed E-state index contributed by atoms with van der Waals surface area (Å²) in [5.74, 6) is -0.524. The minimum absolute atomic E-state index is 0.107. The van der Waals surface area contributed by atoms with E-state index in [1.54, 1.807) is 11.9 Å². The molecule has 6 rings (SSSR count). The summed E-state index contributed by atoms with van der Waals surface area (Å²) < 4.78 is 5.56. The van der Waals surface area contributed by atoms with E-state index in [1.807, 2.05) is 36.4 Å². The molecule has 0 saturated heterocycles. The SMILES string of the molecule is CN(C(=O)C(CC(=O)O)NC(=O)OCC1c2ccccc2-c2ccccc21)C1CC2CCC1CC2. The molecule has 2 bridgehead atoms. The fraction of sp³-hybridized carbons (Fsp3) is 0.464. The van der Waals surface area contributed by atoms with E-state index in [4.69, 9.17) is 4.74 Å². The van der Waals surface area contributed by atoms with Crippen molar-refractivity contribution >= 4 is 18.0 Å². The molecule has 2 aromatic rings. The number of alkyl carbamates (subject to hydrolysis) is 1. The predicted molar refractivity (Wildman–Crippen MR) is 131 cm³/mol. The number of rotatable bonds is 7. The van der Waals surface area contributed by atoms with Gasteiger partial charge in [0.15, 0.2) is 0 Å². The number of nitrogens with zero attached hydrogens (tertiary/aromatic N) is 1. The summed E-state index contributed by atoms with van der Waals surface area (Å²) in [7, 11) is 1.74. The monoisotopic (exact) mass is 476 g/mol. The second-order valence-corrected chi connectivity index (χ2v) is 10.2. The summed E-state index contributed by atoms with van der Waals surface area (Å²) in [6.07, 6.45) is 4.34. The Bertz CT molecular complexity index is 1080. The van der Waals surface area contributed by atoms with Gasteiger partial charge in [0, 0.05) is 19.0 Å². The van der Waals surface area contributed by atoms with Crippen molar-refractivity contribution in [2.24, 2.45) is 11.8 Å². The van der Waals surface area contributed by atoms with Crippen LogP contribution in [0.4, 0.5) is 4.79 Å². The van der Waals surface area contributed by atoms with E-state index < -0.39 is 24.5 Å². The van der Waals surface area contributed by atoms with Crippen LogP contribution in [0.25, 0.3) is 11.1 Å². The van der Waals surface area contributed by atoms with Crippen LogP contribution in [0.5, 0.6) is 0 Å². The maximum Gasteiger partial charge on any atom is 0.407 e. The van der Waals surface area contributed by atoms with Crippen LogP contribution in [-0.2, 0) is 14.3 Å². The van der Waals surface area contributed by atoms with E-state index in [1.165, 1.54) is 12.8 Å². The molecule has 2 atom stereocenters. The van der Waals surface area contributed by atoms with Gasteiger partial charge in [-0.2, -0.15) is 0 Å². The van der Waals surface area contributed by atoms with Crippen LogP contribution in [-0.4, -0.2) is 53.7 Å². The molecule has 3 saturated carbocycles. The summed E-state index contributed by atoms with van der Waals surface area (Å²) in [5.41, 5.74) is 4.43. The number of ether oxygens (including phenoxy) is 1. The summed E-state index contributed by atoms with van der Waals surface area (Å²) in [5, 5.41) is 12.0. The lowest BCUT2D eigenvalue weighted by atomic mass is 9.67. The Balaban J connectivity index is 1.25. The van der Waals surface area contributed by atoms with Crippen molar-refractivity contribution in [3.05, 3.63) is 59.7 Å². The van der Waals surface area contributed by atoms with Crippen molar-refractivity contribution in [3.8, 4) is 11.1 Å². The smallest absolute Gasteiger partial charge is 0.407 e. The molecule has 7 nitrogen and oxygen atoms in total. The lowest BCUT2D eigenvalue weighted by Crippen LogP contribution is -2.55. The first-order valence-electron chi connectivity index (χ1n) is 12.5. The molecular weight excluding hydrogens is 444 g/mol. The highest BCUT2D eigenvalue weighted by molar-refractivity contribution is 5.89. The van der Waals surface area contributed by atoms with Gasteiger partial charge in [0.1, 0.15) is 12.6 Å². The number of carboxylic acids is 1. The molecule has 3 fully saturated rings. The van der Waals surface area contributed by atoms with Crippen LogP contribution in [0.15, 0.2) is 48.5 Å². The van der Waals surface area contributed by atoms with E-state index >= 15 is 0 Å². The molecule has 2 aromatic carbocycles. The molecule has 0 aromatic heterocycles. The van der Waals surface area contributed by atoms with Crippen LogP contribution < -0.4 is 5.32 Å². The number of benzene rings is 2. The summed E-state index contributed by atoms with van der Waals surface area (Å²) in [4.78, 5) is 39.2. The van der Waals surface area contributed by atoms with Gasteiger partial charge in [-0.25, -0.2) is 4.79 Å².